The van der Waals surface area contributed by atoms with Crippen molar-refractivity contribution in [3.63, 3.8) is 0 Å². The van der Waals surface area contributed by atoms with Gasteiger partial charge in [-0.25, -0.2) is 0 Å². The van der Waals surface area contributed by atoms with Crippen molar-refractivity contribution in [1.82, 2.24) is 0 Å². The molecule has 0 aliphatic heterocycles. The van der Waals surface area contributed by atoms with E-state index in [1.165, 1.54) is 25.3 Å². The number of nitrogens with zero attached hydrogens (tertiary/aromatic N) is 1. The molecule has 2 aromatic rings. The average Bonchev–Trinajstić information content (AvgIpc) is 2.67. The lowest BCUT2D eigenvalue weighted by molar-refractivity contribution is -0.384. The molecule has 106 valence electrons. The molecule has 0 saturated heterocycles. The van der Waals surface area contributed by atoms with E-state index in [1.54, 1.807) is 30.3 Å². The molecule has 0 fully saturated rings. The SMILES string of the molecule is COc1cc(C=Cc2ccc([N+](=O)[O-])cc2)cccc1=O. The van der Waals surface area contributed by atoms with Crippen molar-refractivity contribution in [2.75, 3.05) is 7.11 Å². The van der Waals surface area contributed by atoms with Gasteiger partial charge in [0.05, 0.1) is 12.0 Å². The number of methoxy groups -OCH3 is 1. The molecule has 5 heteroatoms. The van der Waals surface area contributed by atoms with E-state index in [0.717, 1.165) is 11.1 Å². The first kappa shape index (κ1) is 14.5. The van der Waals surface area contributed by atoms with Crippen molar-refractivity contribution < 1.29 is 9.66 Å². The molecular weight excluding hydrogens is 270 g/mol. The average molecular weight is 283 g/mol. The lowest BCUT2D eigenvalue weighted by Gasteiger charge is -1.95. The molecule has 0 atom stereocenters. The molecule has 0 amide bonds. The van der Waals surface area contributed by atoms with Crippen molar-refractivity contribution in [2.24, 2.45) is 0 Å². The highest BCUT2D eigenvalue weighted by Crippen LogP contribution is 2.15. The summed E-state index contributed by atoms with van der Waals surface area (Å²) in [5, 5.41) is 10.6. The predicted octanol–water partition coefficient (Wildman–Crippen LogP) is 3.13. The summed E-state index contributed by atoms with van der Waals surface area (Å²) in [4.78, 5) is 21.7. The molecule has 0 unspecified atom stereocenters. The van der Waals surface area contributed by atoms with Crippen LogP contribution >= 0.6 is 0 Å². The highest BCUT2D eigenvalue weighted by atomic mass is 16.6. The molecule has 0 saturated carbocycles. The van der Waals surface area contributed by atoms with Crippen LogP contribution < -0.4 is 10.2 Å². The molecule has 2 rings (SSSR count). The fourth-order valence-corrected chi connectivity index (χ4v) is 1.76. The summed E-state index contributed by atoms with van der Waals surface area (Å²) in [6.45, 7) is 0. The van der Waals surface area contributed by atoms with Gasteiger partial charge in [0.15, 0.2) is 5.75 Å². The van der Waals surface area contributed by atoms with Gasteiger partial charge in [-0.15, -0.1) is 0 Å². The molecule has 0 radical (unpaired) electrons. The Morgan fingerprint density at radius 1 is 1.05 bits per heavy atom. The summed E-state index contributed by atoms with van der Waals surface area (Å²) < 4.78 is 5.02. The zero-order chi connectivity index (χ0) is 15.2. The monoisotopic (exact) mass is 283 g/mol. The zero-order valence-corrected chi connectivity index (χ0v) is 11.4. The van der Waals surface area contributed by atoms with Gasteiger partial charge in [-0.2, -0.15) is 0 Å². The quantitative estimate of drug-likeness (QED) is 0.638. The van der Waals surface area contributed by atoms with Crippen LogP contribution in [0.5, 0.6) is 5.75 Å². The van der Waals surface area contributed by atoms with Crippen LogP contribution in [-0.2, 0) is 0 Å². The number of non-ortho nitro benzene ring substituents is 1. The lowest BCUT2D eigenvalue weighted by atomic mass is 10.1. The van der Waals surface area contributed by atoms with Crippen molar-refractivity contribution in [2.45, 2.75) is 0 Å². The number of hydrogen-bond acceptors (Lipinski definition) is 4. The molecule has 0 spiro atoms. The van der Waals surface area contributed by atoms with Crippen LogP contribution in [0.25, 0.3) is 12.2 Å². The minimum absolute atomic E-state index is 0.0518. The molecule has 0 aliphatic rings. The van der Waals surface area contributed by atoms with Crippen molar-refractivity contribution in [1.29, 1.82) is 0 Å². The lowest BCUT2D eigenvalue weighted by Crippen LogP contribution is -1.99. The van der Waals surface area contributed by atoms with Crippen LogP contribution in [0.2, 0.25) is 0 Å². The maximum atomic E-state index is 11.6. The summed E-state index contributed by atoms with van der Waals surface area (Å²) in [6.07, 6.45) is 3.62. The van der Waals surface area contributed by atoms with Crippen molar-refractivity contribution >= 4 is 17.8 Å². The number of rotatable bonds is 4. The highest BCUT2D eigenvalue weighted by Gasteiger charge is 2.02. The smallest absolute Gasteiger partial charge is 0.269 e. The van der Waals surface area contributed by atoms with Gasteiger partial charge in [-0.1, -0.05) is 24.3 Å². The first-order chi connectivity index (χ1) is 10.1. The molecule has 2 aromatic carbocycles. The van der Waals surface area contributed by atoms with Gasteiger partial charge >= 0.3 is 0 Å². The van der Waals surface area contributed by atoms with E-state index in [4.69, 9.17) is 4.74 Å². The zero-order valence-electron chi connectivity index (χ0n) is 11.4. The van der Waals surface area contributed by atoms with E-state index in [1.807, 2.05) is 12.2 Å². The molecule has 5 nitrogen and oxygen atoms in total. The summed E-state index contributed by atoms with van der Waals surface area (Å²) in [5.74, 6) is 0.267. The maximum Gasteiger partial charge on any atom is 0.269 e. The molecular formula is C16H13NO4. The molecule has 0 heterocycles. The number of benzene rings is 1. The van der Waals surface area contributed by atoms with Crippen LogP contribution in [-0.4, -0.2) is 12.0 Å². The summed E-state index contributed by atoms with van der Waals surface area (Å²) >= 11 is 0. The summed E-state index contributed by atoms with van der Waals surface area (Å²) in [7, 11) is 1.44. The van der Waals surface area contributed by atoms with E-state index < -0.39 is 4.92 Å². The minimum atomic E-state index is -0.439. The molecule has 21 heavy (non-hydrogen) atoms. The Bertz CT molecular complexity index is 736. The molecule has 0 N–H and O–H groups in total. The van der Waals surface area contributed by atoms with Crippen molar-refractivity contribution in [3.8, 4) is 5.75 Å². The third-order valence-electron chi connectivity index (χ3n) is 2.87. The second-order valence-electron chi connectivity index (χ2n) is 4.28. The van der Waals surface area contributed by atoms with Crippen LogP contribution in [0.15, 0.2) is 53.3 Å². The van der Waals surface area contributed by atoms with E-state index in [0.29, 0.717) is 0 Å². The third kappa shape index (κ3) is 3.76. The van der Waals surface area contributed by atoms with Gasteiger partial charge in [0.1, 0.15) is 0 Å². The van der Waals surface area contributed by atoms with Gasteiger partial charge in [-0.05, 0) is 35.4 Å². The number of nitro groups is 1. The van der Waals surface area contributed by atoms with Crippen LogP contribution in [0.4, 0.5) is 5.69 Å². The minimum Gasteiger partial charge on any atom is -0.493 e. The van der Waals surface area contributed by atoms with Gasteiger partial charge in [0, 0.05) is 12.1 Å². The Kier molecular flexibility index (Phi) is 4.46. The van der Waals surface area contributed by atoms with E-state index in [9.17, 15) is 14.9 Å². The summed E-state index contributed by atoms with van der Waals surface area (Å²) in [6, 6.07) is 12.7. The Morgan fingerprint density at radius 3 is 2.33 bits per heavy atom. The summed E-state index contributed by atoms with van der Waals surface area (Å²) in [5.41, 5.74) is 1.49. The maximum absolute atomic E-state index is 11.6. The number of ether oxygens (including phenoxy) is 1. The number of nitro benzene ring substituents is 1. The van der Waals surface area contributed by atoms with Gasteiger partial charge < -0.3 is 4.74 Å². The van der Waals surface area contributed by atoms with Crippen LogP contribution in [0, 0.1) is 10.1 Å². The largest absolute Gasteiger partial charge is 0.493 e. The van der Waals surface area contributed by atoms with Crippen molar-refractivity contribution in [3.05, 3.63) is 80.0 Å². The Hall–Kier alpha value is -2.95. The Morgan fingerprint density at radius 2 is 1.71 bits per heavy atom. The predicted molar refractivity (Wildman–Crippen MR) is 81.3 cm³/mol. The highest BCUT2D eigenvalue weighted by molar-refractivity contribution is 5.70. The first-order valence-corrected chi connectivity index (χ1v) is 6.21. The normalized spacial score (nSPS) is 10.5. The molecule has 0 aromatic heterocycles. The van der Waals surface area contributed by atoms with Gasteiger partial charge in [0.2, 0.25) is 5.43 Å². The van der Waals surface area contributed by atoms with E-state index in [-0.39, 0.29) is 16.9 Å². The van der Waals surface area contributed by atoms with Gasteiger partial charge in [-0.3, -0.25) is 14.9 Å². The second kappa shape index (κ2) is 6.47. The Balaban J connectivity index is 2.27. The third-order valence-corrected chi connectivity index (χ3v) is 2.87. The fourth-order valence-electron chi connectivity index (χ4n) is 1.76. The molecule has 0 aliphatic carbocycles. The standard InChI is InChI=1S/C16H13NO4/c1-21-16-11-13(3-2-4-15(16)18)6-5-12-7-9-14(10-8-12)17(19)20/h2-11H,1H3. The Labute approximate surface area is 121 Å². The van der Waals surface area contributed by atoms with Crippen LogP contribution in [0.1, 0.15) is 11.1 Å². The number of hydrogen-bond donors (Lipinski definition) is 0. The second-order valence-corrected chi connectivity index (χ2v) is 4.28. The van der Waals surface area contributed by atoms with Gasteiger partial charge in [0.25, 0.3) is 5.69 Å². The van der Waals surface area contributed by atoms with E-state index in [2.05, 4.69) is 0 Å². The fraction of sp³-hybridized carbons (Fsp3) is 0.0625. The topological polar surface area (TPSA) is 69.4 Å². The van der Waals surface area contributed by atoms with E-state index >= 15 is 0 Å². The first-order valence-electron chi connectivity index (χ1n) is 6.21. The van der Waals surface area contributed by atoms with Crippen LogP contribution in [0.3, 0.4) is 0 Å². The molecule has 0 bridgehead atoms.